The predicted molar refractivity (Wildman–Crippen MR) is 67.2 cm³/mol. The number of carbonyl (C=O) groups is 1. The molecule has 2 saturated heterocycles. The average Bonchev–Trinajstić information content (AvgIpc) is 2.39. The van der Waals surface area contributed by atoms with Gasteiger partial charge in [0, 0.05) is 39.3 Å². The molecule has 0 radical (unpaired) electrons. The van der Waals surface area contributed by atoms with Crippen LogP contribution in [-0.2, 0) is 15.0 Å². The third-order valence-electron chi connectivity index (χ3n) is 3.37. The first-order valence-electron chi connectivity index (χ1n) is 6.32. The lowest BCUT2D eigenvalue weighted by atomic mass is 10.2. The predicted octanol–water partition coefficient (Wildman–Crippen LogP) is -1.65. The van der Waals surface area contributed by atoms with E-state index < -0.39 is 16.3 Å². The van der Waals surface area contributed by atoms with E-state index in [-0.39, 0.29) is 5.91 Å². The summed E-state index contributed by atoms with van der Waals surface area (Å²) in [5.41, 5.74) is 0. The summed E-state index contributed by atoms with van der Waals surface area (Å²) in [5, 5.41) is 5.83. The molecule has 1 atom stereocenters. The van der Waals surface area contributed by atoms with Gasteiger partial charge >= 0.3 is 0 Å². The number of piperazine rings is 2. The Labute approximate surface area is 108 Å². The number of amides is 1. The van der Waals surface area contributed by atoms with E-state index in [1.54, 1.807) is 0 Å². The lowest BCUT2D eigenvalue weighted by molar-refractivity contribution is -0.126. The monoisotopic (exact) mass is 276 g/mol. The fourth-order valence-electron chi connectivity index (χ4n) is 2.38. The summed E-state index contributed by atoms with van der Waals surface area (Å²) >= 11 is 0. The third kappa shape index (κ3) is 2.51. The molecule has 8 heteroatoms. The fourth-order valence-corrected chi connectivity index (χ4v) is 4.21. The lowest BCUT2D eigenvalue weighted by Gasteiger charge is -2.38. The van der Waals surface area contributed by atoms with Gasteiger partial charge in [0.1, 0.15) is 6.04 Å². The Kier molecular flexibility index (Phi) is 4.21. The molecular weight excluding hydrogens is 256 g/mol. The first-order chi connectivity index (χ1) is 8.57. The van der Waals surface area contributed by atoms with E-state index in [0.717, 1.165) is 0 Å². The summed E-state index contributed by atoms with van der Waals surface area (Å²) < 4.78 is 27.8. The van der Waals surface area contributed by atoms with Crippen LogP contribution in [0.15, 0.2) is 0 Å². The Morgan fingerprint density at radius 3 is 2.50 bits per heavy atom. The fraction of sp³-hybridized carbons (Fsp3) is 0.900. The van der Waals surface area contributed by atoms with Crippen molar-refractivity contribution >= 4 is 16.1 Å². The van der Waals surface area contributed by atoms with Crippen molar-refractivity contribution in [1.29, 1.82) is 0 Å². The molecule has 0 bridgehead atoms. The zero-order valence-electron chi connectivity index (χ0n) is 10.6. The number of nitrogens with zero attached hydrogens (tertiary/aromatic N) is 2. The maximum Gasteiger partial charge on any atom is 0.282 e. The van der Waals surface area contributed by atoms with Crippen LogP contribution in [0.3, 0.4) is 0 Å². The van der Waals surface area contributed by atoms with Gasteiger partial charge in [0.15, 0.2) is 0 Å². The van der Waals surface area contributed by atoms with Crippen molar-refractivity contribution in [2.24, 2.45) is 0 Å². The van der Waals surface area contributed by atoms with Crippen molar-refractivity contribution in [3.8, 4) is 0 Å². The van der Waals surface area contributed by atoms with Crippen LogP contribution in [0, 0.1) is 0 Å². The molecule has 0 aromatic carbocycles. The van der Waals surface area contributed by atoms with Gasteiger partial charge in [-0.05, 0) is 6.42 Å². The molecular formula is C10H20N4O3S. The second kappa shape index (κ2) is 5.52. The van der Waals surface area contributed by atoms with Crippen LogP contribution in [0.2, 0.25) is 0 Å². The number of carbonyl (C=O) groups excluding carboxylic acids is 1. The molecule has 0 aromatic heterocycles. The zero-order valence-corrected chi connectivity index (χ0v) is 11.4. The molecule has 2 fully saturated rings. The van der Waals surface area contributed by atoms with Gasteiger partial charge in [-0.25, -0.2) is 0 Å². The minimum Gasteiger partial charge on any atom is -0.353 e. The van der Waals surface area contributed by atoms with Gasteiger partial charge in [-0.1, -0.05) is 6.92 Å². The van der Waals surface area contributed by atoms with Gasteiger partial charge in [-0.2, -0.15) is 17.0 Å². The molecule has 18 heavy (non-hydrogen) atoms. The summed E-state index contributed by atoms with van der Waals surface area (Å²) in [7, 11) is -3.51. The normalized spacial score (nSPS) is 28.1. The molecule has 2 aliphatic rings. The molecule has 104 valence electrons. The van der Waals surface area contributed by atoms with Crippen LogP contribution in [-0.4, -0.2) is 68.2 Å². The molecule has 2 rings (SSSR count). The van der Waals surface area contributed by atoms with E-state index in [9.17, 15) is 13.2 Å². The smallest absolute Gasteiger partial charge is 0.282 e. The molecule has 7 nitrogen and oxygen atoms in total. The summed E-state index contributed by atoms with van der Waals surface area (Å²) in [6, 6.07) is -0.571. The van der Waals surface area contributed by atoms with Crippen molar-refractivity contribution in [3.63, 3.8) is 0 Å². The van der Waals surface area contributed by atoms with Gasteiger partial charge in [0.2, 0.25) is 5.91 Å². The molecule has 0 saturated carbocycles. The van der Waals surface area contributed by atoms with Crippen LogP contribution < -0.4 is 10.6 Å². The van der Waals surface area contributed by atoms with Crippen LogP contribution in [0.1, 0.15) is 13.3 Å². The standard InChI is InChI=1S/C10H20N4O3S/c1-2-9-10(15)12-5-8-14(9)18(16,17)13-6-3-11-4-7-13/h9,11H,2-8H2,1H3,(H,12,15). The van der Waals surface area contributed by atoms with Crippen molar-refractivity contribution in [2.75, 3.05) is 39.3 Å². The summed E-state index contributed by atoms with van der Waals surface area (Å²) in [6.07, 6.45) is 0.497. The summed E-state index contributed by atoms with van der Waals surface area (Å²) in [4.78, 5) is 11.7. The topological polar surface area (TPSA) is 81.8 Å². The van der Waals surface area contributed by atoms with E-state index in [4.69, 9.17) is 0 Å². The Hall–Kier alpha value is -0.700. The van der Waals surface area contributed by atoms with E-state index >= 15 is 0 Å². The zero-order chi connectivity index (χ0) is 13.2. The molecule has 1 unspecified atom stereocenters. The minimum atomic E-state index is -3.51. The summed E-state index contributed by atoms with van der Waals surface area (Å²) in [5.74, 6) is -0.192. The van der Waals surface area contributed by atoms with Crippen LogP contribution >= 0.6 is 0 Å². The Balaban J connectivity index is 2.19. The SMILES string of the molecule is CCC1C(=O)NCCN1S(=O)(=O)N1CCNCC1. The average molecular weight is 276 g/mol. The molecule has 0 spiro atoms. The molecule has 0 aromatic rings. The van der Waals surface area contributed by atoms with Crippen molar-refractivity contribution in [3.05, 3.63) is 0 Å². The number of nitrogens with one attached hydrogen (secondary N) is 2. The second-order valence-corrected chi connectivity index (χ2v) is 6.36. The Bertz CT molecular complexity index is 405. The Morgan fingerprint density at radius 1 is 1.22 bits per heavy atom. The second-order valence-electron chi connectivity index (χ2n) is 4.48. The highest BCUT2D eigenvalue weighted by Gasteiger charge is 2.39. The maximum absolute atomic E-state index is 12.5. The van der Waals surface area contributed by atoms with Gasteiger partial charge in [0.25, 0.3) is 10.2 Å². The lowest BCUT2D eigenvalue weighted by Crippen LogP contribution is -2.61. The number of rotatable bonds is 3. The molecule has 0 aliphatic carbocycles. The molecule has 2 N–H and O–H groups in total. The van der Waals surface area contributed by atoms with Gasteiger partial charge < -0.3 is 10.6 Å². The number of hydrogen-bond donors (Lipinski definition) is 2. The highest BCUT2D eigenvalue weighted by Crippen LogP contribution is 2.17. The van der Waals surface area contributed by atoms with E-state index in [0.29, 0.717) is 45.7 Å². The van der Waals surface area contributed by atoms with Gasteiger partial charge in [0.05, 0.1) is 0 Å². The molecule has 2 aliphatic heterocycles. The largest absolute Gasteiger partial charge is 0.353 e. The van der Waals surface area contributed by atoms with E-state index in [1.807, 2.05) is 6.92 Å². The molecule has 1 amide bonds. The highest BCUT2D eigenvalue weighted by molar-refractivity contribution is 7.86. The quantitative estimate of drug-likeness (QED) is 0.647. The Morgan fingerprint density at radius 2 is 1.89 bits per heavy atom. The first kappa shape index (κ1) is 13.7. The van der Waals surface area contributed by atoms with E-state index in [2.05, 4.69) is 10.6 Å². The van der Waals surface area contributed by atoms with Crippen molar-refractivity contribution in [2.45, 2.75) is 19.4 Å². The van der Waals surface area contributed by atoms with Crippen LogP contribution in [0.5, 0.6) is 0 Å². The van der Waals surface area contributed by atoms with E-state index in [1.165, 1.54) is 8.61 Å². The number of hydrogen-bond acceptors (Lipinski definition) is 4. The van der Waals surface area contributed by atoms with Gasteiger partial charge in [-0.15, -0.1) is 0 Å². The first-order valence-corrected chi connectivity index (χ1v) is 7.72. The van der Waals surface area contributed by atoms with Crippen molar-refractivity contribution in [1.82, 2.24) is 19.2 Å². The van der Waals surface area contributed by atoms with Crippen molar-refractivity contribution < 1.29 is 13.2 Å². The van der Waals surface area contributed by atoms with Gasteiger partial charge in [-0.3, -0.25) is 4.79 Å². The molecule has 2 heterocycles. The third-order valence-corrected chi connectivity index (χ3v) is 5.41. The van der Waals surface area contributed by atoms with Crippen LogP contribution in [0.25, 0.3) is 0 Å². The maximum atomic E-state index is 12.5. The highest BCUT2D eigenvalue weighted by atomic mass is 32.2. The minimum absolute atomic E-state index is 0.192. The van der Waals surface area contributed by atoms with Crippen LogP contribution in [0.4, 0.5) is 0 Å². The summed E-state index contributed by atoms with van der Waals surface area (Å²) in [6.45, 7) is 4.84.